The fraction of sp³-hybridized carbons (Fsp3) is 0.429. The predicted octanol–water partition coefficient (Wildman–Crippen LogP) is 2.72. The number of aliphatic hydroxyl groups excluding tert-OH is 1. The van der Waals surface area contributed by atoms with Gasteiger partial charge in [-0.25, -0.2) is 4.39 Å². The van der Waals surface area contributed by atoms with E-state index in [4.69, 9.17) is 9.26 Å². The normalized spacial score (nSPS) is 16.1. The van der Waals surface area contributed by atoms with Crippen molar-refractivity contribution >= 4 is 0 Å². The van der Waals surface area contributed by atoms with Gasteiger partial charge in [-0.05, 0) is 31.9 Å². The molecular weight excluding hydrogens is 263 g/mol. The summed E-state index contributed by atoms with van der Waals surface area (Å²) in [5.41, 5.74) is 0.243. The van der Waals surface area contributed by atoms with Gasteiger partial charge in [-0.15, -0.1) is 0 Å². The second kappa shape index (κ2) is 5.20. The summed E-state index contributed by atoms with van der Waals surface area (Å²) in [6.07, 6.45) is 1.34. The quantitative estimate of drug-likeness (QED) is 0.910. The van der Waals surface area contributed by atoms with Crippen LogP contribution in [0.1, 0.15) is 49.1 Å². The maximum absolute atomic E-state index is 13.7. The Bertz CT molecular complexity index is 608. The van der Waals surface area contributed by atoms with Gasteiger partial charge < -0.3 is 14.4 Å². The summed E-state index contributed by atoms with van der Waals surface area (Å²) in [5, 5.41) is 13.2. The third-order valence-corrected chi connectivity index (χ3v) is 3.20. The van der Waals surface area contributed by atoms with Crippen LogP contribution in [0.15, 0.2) is 22.7 Å². The summed E-state index contributed by atoms with van der Waals surface area (Å²) in [7, 11) is 0. The lowest BCUT2D eigenvalue weighted by Gasteiger charge is -2.08. The van der Waals surface area contributed by atoms with E-state index >= 15 is 0 Å². The van der Waals surface area contributed by atoms with E-state index in [-0.39, 0.29) is 12.2 Å². The molecule has 0 amide bonds. The molecule has 2 aromatic rings. The lowest BCUT2D eigenvalue weighted by atomic mass is 10.1. The van der Waals surface area contributed by atoms with Crippen molar-refractivity contribution in [3.8, 4) is 5.75 Å². The number of hydrogen-bond donors (Lipinski definition) is 1. The molecule has 5 nitrogen and oxygen atoms in total. The molecule has 3 rings (SSSR count). The van der Waals surface area contributed by atoms with Crippen LogP contribution >= 0.6 is 0 Å². The Morgan fingerprint density at radius 1 is 1.50 bits per heavy atom. The Hall–Kier alpha value is -1.95. The minimum Gasteiger partial charge on any atom is -0.485 e. The fourth-order valence-corrected chi connectivity index (χ4v) is 1.91. The minimum absolute atomic E-state index is 0.129. The number of aromatic nitrogens is 2. The standard InChI is InChI=1S/C14H15FN2O3/c1-8(18)11-5-4-10(6-12(11)15)19-7-13-16-14(20-17-13)9-2-3-9/h4-6,8-9,18H,2-3,7H2,1H3/t8-/m1/s1. The van der Waals surface area contributed by atoms with Gasteiger partial charge in [0.2, 0.25) is 11.7 Å². The van der Waals surface area contributed by atoms with E-state index in [9.17, 15) is 9.50 Å². The molecule has 0 spiro atoms. The van der Waals surface area contributed by atoms with Crippen LogP contribution in [0.5, 0.6) is 5.75 Å². The Morgan fingerprint density at radius 3 is 2.95 bits per heavy atom. The first-order valence-corrected chi connectivity index (χ1v) is 6.56. The monoisotopic (exact) mass is 278 g/mol. The topological polar surface area (TPSA) is 68.4 Å². The molecule has 6 heteroatoms. The lowest BCUT2D eigenvalue weighted by molar-refractivity contribution is 0.193. The molecule has 1 aliphatic carbocycles. The molecule has 1 N–H and O–H groups in total. The van der Waals surface area contributed by atoms with Crippen molar-refractivity contribution < 1.29 is 18.8 Å². The summed E-state index contributed by atoms with van der Waals surface area (Å²) in [6.45, 7) is 1.64. The number of rotatable bonds is 5. The van der Waals surface area contributed by atoms with Gasteiger partial charge in [-0.3, -0.25) is 0 Å². The van der Waals surface area contributed by atoms with Crippen molar-refractivity contribution in [1.82, 2.24) is 10.1 Å². The van der Waals surface area contributed by atoms with E-state index in [2.05, 4.69) is 10.1 Å². The van der Waals surface area contributed by atoms with Crippen molar-refractivity contribution in [3.63, 3.8) is 0 Å². The average Bonchev–Trinajstić information content (AvgIpc) is 3.15. The Kier molecular flexibility index (Phi) is 3.40. The Balaban J connectivity index is 1.63. The Labute approximate surface area is 115 Å². The Morgan fingerprint density at radius 2 is 2.30 bits per heavy atom. The summed E-state index contributed by atoms with van der Waals surface area (Å²) in [6, 6.07) is 4.35. The van der Waals surface area contributed by atoms with Gasteiger partial charge in [0.15, 0.2) is 6.61 Å². The van der Waals surface area contributed by atoms with Crippen molar-refractivity contribution in [2.75, 3.05) is 0 Å². The van der Waals surface area contributed by atoms with E-state index in [0.717, 1.165) is 12.8 Å². The zero-order chi connectivity index (χ0) is 14.1. The van der Waals surface area contributed by atoms with Gasteiger partial charge >= 0.3 is 0 Å². The molecule has 0 unspecified atom stereocenters. The first-order valence-electron chi connectivity index (χ1n) is 6.56. The molecule has 106 valence electrons. The number of aliphatic hydroxyl groups is 1. The van der Waals surface area contributed by atoms with Crippen LogP contribution in [-0.4, -0.2) is 15.2 Å². The number of ether oxygens (including phenoxy) is 1. The first-order chi connectivity index (χ1) is 9.63. The van der Waals surface area contributed by atoms with Crippen LogP contribution in [0, 0.1) is 5.82 Å². The highest BCUT2D eigenvalue weighted by atomic mass is 19.1. The van der Waals surface area contributed by atoms with Crippen LogP contribution in [0.3, 0.4) is 0 Å². The van der Waals surface area contributed by atoms with E-state index in [1.807, 2.05) is 0 Å². The molecule has 1 aromatic carbocycles. The number of nitrogens with zero attached hydrogens (tertiary/aromatic N) is 2. The van der Waals surface area contributed by atoms with Crippen LogP contribution in [-0.2, 0) is 6.61 Å². The molecular formula is C14H15FN2O3. The highest BCUT2D eigenvalue weighted by molar-refractivity contribution is 5.30. The van der Waals surface area contributed by atoms with Crippen LogP contribution in [0.2, 0.25) is 0 Å². The molecule has 0 bridgehead atoms. The molecule has 1 heterocycles. The fourth-order valence-electron chi connectivity index (χ4n) is 1.91. The van der Waals surface area contributed by atoms with Gasteiger partial charge in [-0.1, -0.05) is 5.16 Å². The third kappa shape index (κ3) is 2.80. The van der Waals surface area contributed by atoms with E-state index in [1.54, 1.807) is 6.07 Å². The molecule has 20 heavy (non-hydrogen) atoms. The van der Waals surface area contributed by atoms with Gasteiger partial charge in [0.1, 0.15) is 11.6 Å². The maximum atomic E-state index is 13.7. The first kappa shape index (κ1) is 13.1. The van der Waals surface area contributed by atoms with E-state index in [0.29, 0.717) is 23.4 Å². The zero-order valence-electron chi connectivity index (χ0n) is 11.0. The molecule has 1 atom stereocenters. The van der Waals surface area contributed by atoms with Crippen molar-refractivity contribution in [3.05, 3.63) is 41.3 Å². The van der Waals surface area contributed by atoms with E-state index < -0.39 is 11.9 Å². The predicted molar refractivity (Wildman–Crippen MR) is 67.6 cm³/mol. The summed E-state index contributed by atoms with van der Waals surface area (Å²) >= 11 is 0. The van der Waals surface area contributed by atoms with Crippen molar-refractivity contribution in [2.45, 2.75) is 38.4 Å². The summed E-state index contributed by atoms with van der Waals surface area (Å²) in [5.74, 6) is 1.37. The molecule has 1 fully saturated rings. The average molecular weight is 278 g/mol. The SMILES string of the molecule is C[C@@H](O)c1ccc(OCc2noc(C3CC3)n2)cc1F. The number of hydrogen-bond acceptors (Lipinski definition) is 5. The van der Waals surface area contributed by atoms with Crippen LogP contribution in [0.25, 0.3) is 0 Å². The third-order valence-electron chi connectivity index (χ3n) is 3.20. The molecule has 0 saturated heterocycles. The van der Waals surface area contributed by atoms with Gasteiger partial charge in [0.25, 0.3) is 0 Å². The maximum Gasteiger partial charge on any atom is 0.229 e. The molecule has 0 aliphatic heterocycles. The highest BCUT2D eigenvalue weighted by Gasteiger charge is 2.29. The second-order valence-corrected chi connectivity index (χ2v) is 4.97. The number of benzene rings is 1. The van der Waals surface area contributed by atoms with Crippen LogP contribution in [0.4, 0.5) is 4.39 Å². The van der Waals surface area contributed by atoms with Gasteiger partial charge in [0.05, 0.1) is 6.10 Å². The van der Waals surface area contributed by atoms with Crippen molar-refractivity contribution in [2.24, 2.45) is 0 Å². The highest BCUT2D eigenvalue weighted by Crippen LogP contribution is 2.38. The molecule has 1 aromatic heterocycles. The van der Waals surface area contributed by atoms with Gasteiger partial charge in [-0.2, -0.15) is 4.98 Å². The second-order valence-electron chi connectivity index (χ2n) is 4.97. The van der Waals surface area contributed by atoms with E-state index in [1.165, 1.54) is 19.1 Å². The molecule has 0 radical (unpaired) electrons. The largest absolute Gasteiger partial charge is 0.485 e. The van der Waals surface area contributed by atoms with Crippen LogP contribution < -0.4 is 4.74 Å². The number of halogens is 1. The van der Waals surface area contributed by atoms with Crippen molar-refractivity contribution in [1.29, 1.82) is 0 Å². The summed E-state index contributed by atoms with van der Waals surface area (Å²) < 4.78 is 24.2. The molecule has 1 saturated carbocycles. The van der Waals surface area contributed by atoms with Gasteiger partial charge in [0, 0.05) is 17.5 Å². The molecule has 1 aliphatic rings. The zero-order valence-corrected chi connectivity index (χ0v) is 11.0. The minimum atomic E-state index is -0.845. The lowest BCUT2D eigenvalue weighted by Crippen LogP contribution is -2.00. The smallest absolute Gasteiger partial charge is 0.229 e. The summed E-state index contributed by atoms with van der Waals surface area (Å²) in [4.78, 5) is 4.22.